The first-order chi connectivity index (χ1) is 7.66. The van der Waals surface area contributed by atoms with Crippen molar-refractivity contribution in [2.24, 2.45) is 0 Å². The molecule has 0 bridgehead atoms. The molecule has 0 aromatic heterocycles. The number of carbonyl (C=O) groups is 1. The quantitative estimate of drug-likeness (QED) is 0.911. The van der Waals surface area contributed by atoms with Gasteiger partial charge in [-0.25, -0.2) is 0 Å². The van der Waals surface area contributed by atoms with Crippen LogP contribution < -0.4 is 5.32 Å². The molecule has 1 fully saturated rings. The average molecular weight is 305 g/mol. The van der Waals surface area contributed by atoms with E-state index in [0.29, 0.717) is 17.3 Å². The molecule has 0 radical (unpaired) electrons. The molecule has 1 heterocycles. The van der Waals surface area contributed by atoms with Gasteiger partial charge in [0, 0.05) is 16.1 Å². The molecule has 86 valence electrons. The molecule has 1 N–H and O–H groups in total. The lowest BCUT2D eigenvalue weighted by Crippen LogP contribution is -2.26. The van der Waals surface area contributed by atoms with Crippen molar-refractivity contribution < 1.29 is 9.53 Å². The second kappa shape index (κ2) is 5.17. The van der Waals surface area contributed by atoms with E-state index in [2.05, 4.69) is 21.2 Å². The van der Waals surface area contributed by atoms with E-state index >= 15 is 0 Å². The van der Waals surface area contributed by atoms with Gasteiger partial charge in [0.1, 0.15) is 6.10 Å². The molecule has 1 atom stereocenters. The summed E-state index contributed by atoms with van der Waals surface area (Å²) in [5.74, 6) is -0.0967. The Morgan fingerprint density at radius 3 is 3.00 bits per heavy atom. The Hall–Kier alpha value is -0.580. The van der Waals surface area contributed by atoms with Crippen LogP contribution in [0.25, 0.3) is 0 Å². The van der Waals surface area contributed by atoms with Crippen LogP contribution in [-0.2, 0) is 9.53 Å². The third-order valence-electron chi connectivity index (χ3n) is 2.41. The van der Waals surface area contributed by atoms with Gasteiger partial charge in [0.2, 0.25) is 0 Å². The van der Waals surface area contributed by atoms with Crippen LogP contribution in [0, 0.1) is 0 Å². The summed E-state index contributed by atoms with van der Waals surface area (Å²) in [6.45, 7) is 0.667. The molecule has 2 rings (SSSR count). The summed E-state index contributed by atoms with van der Waals surface area (Å²) in [7, 11) is 0. The lowest BCUT2D eigenvalue weighted by Gasteiger charge is -2.11. The van der Waals surface area contributed by atoms with Crippen LogP contribution in [0.15, 0.2) is 22.7 Å². The van der Waals surface area contributed by atoms with E-state index < -0.39 is 0 Å². The SMILES string of the molecule is O=C(Nc1ccc(Cl)cc1Br)[C@@H]1CCCO1. The number of amides is 1. The summed E-state index contributed by atoms with van der Waals surface area (Å²) < 4.78 is 6.07. The number of carbonyl (C=O) groups excluding carboxylic acids is 1. The maximum Gasteiger partial charge on any atom is 0.253 e. The van der Waals surface area contributed by atoms with Crippen LogP contribution >= 0.6 is 27.5 Å². The lowest BCUT2D eigenvalue weighted by molar-refractivity contribution is -0.124. The van der Waals surface area contributed by atoms with Gasteiger partial charge in [0.05, 0.1) is 5.69 Å². The van der Waals surface area contributed by atoms with Crippen LogP contribution in [0.3, 0.4) is 0 Å². The summed E-state index contributed by atoms with van der Waals surface area (Å²) in [6.07, 6.45) is 1.42. The van der Waals surface area contributed by atoms with E-state index in [0.717, 1.165) is 17.3 Å². The van der Waals surface area contributed by atoms with E-state index in [1.165, 1.54) is 0 Å². The molecule has 1 aromatic rings. The van der Waals surface area contributed by atoms with Crippen molar-refractivity contribution in [3.63, 3.8) is 0 Å². The van der Waals surface area contributed by atoms with Crippen molar-refractivity contribution in [2.45, 2.75) is 18.9 Å². The van der Waals surface area contributed by atoms with E-state index in [-0.39, 0.29) is 12.0 Å². The number of hydrogen-bond donors (Lipinski definition) is 1. The third-order valence-corrected chi connectivity index (χ3v) is 3.30. The predicted octanol–water partition coefficient (Wildman–Crippen LogP) is 3.22. The smallest absolute Gasteiger partial charge is 0.253 e. The molecular weight excluding hydrogens is 293 g/mol. The van der Waals surface area contributed by atoms with E-state index in [1.54, 1.807) is 18.2 Å². The Bertz CT molecular complexity index is 405. The average Bonchev–Trinajstić information content (AvgIpc) is 2.75. The van der Waals surface area contributed by atoms with E-state index in [4.69, 9.17) is 16.3 Å². The summed E-state index contributed by atoms with van der Waals surface area (Å²) in [4.78, 5) is 11.8. The molecule has 1 aromatic carbocycles. The zero-order valence-corrected chi connectivity index (χ0v) is 10.8. The fourth-order valence-electron chi connectivity index (χ4n) is 1.59. The van der Waals surface area contributed by atoms with Crippen LogP contribution in [0.1, 0.15) is 12.8 Å². The first-order valence-corrected chi connectivity index (χ1v) is 6.21. The van der Waals surface area contributed by atoms with Crippen molar-refractivity contribution in [1.82, 2.24) is 0 Å². The fourth-order valence-corrected chi connectivity index (χ4v) is 2.37. The number of benzene rings is 1. The minimum absolute atomic E-state index is 0.0967. The van der Waals surface area contributed by atoms with Gasteiger partial charge in [-0.1, -0.05) is 11.6 Å². The molecule has 3 nitrogen and oxygen atoms in total. The molecule has 0 unspecified atom stereocenters. The predicted molar refractivity (Wildman–Crippen MR) is 66.8 cm³/mol. The molecule has 1 saturated heterocycles. The number of anilines is 1. The fraction of sp³-hybridized carbons (Fsp3) is 0.364. The lowest BCUT2D eigenvalue weighted by atomic mass is 10.2. The molecule has 0 spiro atoms. The molecule has 0 saturated carbocycles. The topological polar surface area (TPSA) is 38.3 Å². The summed E-state index contributed by atoms with van der Waals surface area (Å²) in [5.41, 5.74) is 0.713. The summed E-state index contributed by atoms with van der Waals surface area (Å²) in [6, 6.07) is 5.24. The van der Waals surface area contributed by atoms with Crippen LogP contribution in [0.4, 0.5) is 5.69 Å². The third kappa shape index (κ3) is 2.75. The normalized spacial score (nSPS) is 19.8. The zero-order chi connectivity index (χ0) is 11.5. The Kier molecular flexibility index (Phi) is 3.84. The molecular formula is C11H11BrClNO2. The highest BCUT2D eigenvalue weighted by Crippen LogP contribution is 2.26. The highest BCUT2D eigenvalue weighted by atomic mass is 79.9. The first-order valence-electron chi connectivity index (χ1n) is 5.04. The Labute approximate surface area is 107 Å². The second-order valence-electron chi connectivity index (χ2n) is 3.62. The van der Waals surface area contributed by atoms with Gasteiger partial charge in [-0.3, -0.25) is 4.79 Å². The number of hydrogen-bond acceptors (Lipinski definition) is 2. The van der Waals surface area contributed by atoms with Gasteiger partial charge < -0.3 is 10.1 Å². The summed E-state index contributed by atoms with van der Waals surface area (Å²) in [5, 5.41) is 3.44. The van der Waals surface area contributed by atoms with Gasteiger partial charge >= 0.3 is 0 Å². The molecule has 1 aliphatic rings. The Morgan fingerprint density at radius 1 is 1.56 bits per heavy atom. The second-order valence-corrected chi connectivity index (χ2v) is 4.91. The molecule has 5 heteroatoms. The van der Waals surface area contributed by atoms with Crippen LogP contribution in [0.5, 0.6) is 0 Å². The Morgan fingerprint density at radius 2 is 2.38 bits per heavy atom. The van der Waals surface area contributed by atoms with Crippen molar-refractivity contribution in [3.8, 4) is 0 Å². The van der Waals surface area contributed by atoms with Crippen LogP contribution in [-0.4, -0.2) is 18.6 Å². The van der Waals surface area contributed by atoms with Crippen LogP contribution in [0.2, 0.25) is 5.02 Å². The highest BCUT2D eigenvalue weighted by molar-refractivity contribution is 9.10. The summed E-state index contributed by atoms with van der Waals surface area (Å²) >= 11 is 9.16. The van der Waals surface area contributed by atoms with E-state index in [9.17, 15) is 4.79 Å². The molecule has 16 heavy (non-hydrogen) atoms. The number of halogens is 2. The highest BCUT2D eigenvalue weighted by Gasteiger charge is 2.23. The van der Waals surface area contributed by atoms with Gasteiger partial charge in [0.15, 0.2) is 0 Å². The van der Waals surface area contributed by atoms with Crippen molar-refractivity contribution >= 4 is 39.1 Å². The number of ether oxygens (including phenoxy) is 1. The Balaban J connectivity index is 2.05. The molecule has 1 amide bonds. The number of nitrogens with one attached hydrogen (secondary N) is 1. The molecule has 0 aliphatic carbocycles. The van der Waals surface area contributed by atoms with Crippen molar-refractivity contribution in [3.05, 3.63) is 27.7 Å². The zero-order valence-electron chi connectivity index (χ0n) is 8.50. The van der Waals surface area contributed by atoms with Gasteiger partial charge in [-0.15, -0.1) is 0 Å². The molecule has 1 aliphatic heterocycles. The first kappa shape index (κ1) is 11.9. The van der Waals surface area contributed by atoms with Crippen molar-refractivity contribution in [2.75, 3.05) is 11.9 Å². The largest absolute Gasteiger partial charge is 0.368 e. The minimum atomic E-state index is -0.317. The van der Waals surface area contributed by atoms with E-state index in [1.807, 2.05) is 0 Å². The standard InChI is InChI=1S/C11H11BrClNO2/c12-8-6-7(13)3-4-9(8)14-11(15)10-2-1-5-16-10/h3-4,6,10H,1-2,5H2,(H,14,15)/t10-/m0/s1. The maximum atomic E-state index is 11.8. The van der Waals surface area contributed by atoms with Gasteiger partial charge in [0.25, 0.3) is 5.91 Å². The monoisotopic (exact) mass is 303 g/mol. The number of rotatable bonds is 2. The maximum absolute atomic E-state index is 11.8. The van der Waals surface area contributed by atoms with Crippen molar-refractivity contribution in [1.29, 1.82) is 0 Å². The minimum Gasteiger partial charge on any atom is -0.368 e. The van der Waals surface area contributed by atoms with Gasteiger partial charge in [-0.2, -0.15) is 0 Å². The van der Waals surface area contributed by atoms with Gasteiger partial charge in [-0.05, 0) is 47.0 Å².